The Bertz CT molecular complexity index is 220. The van der Waals surface area contributed by atoms with Crippen molar-refractivity contribution >= 4 is 11.7 Å². The zero-order chi connectivity index (χ0) is 7.40. The molecule has 0 bridgehead atoms. The second-order valence-electron chi connectivity index (χ2n) is 1.93. The van der Waals surface area contributed by atoms with Crippen LogP contribution in [0.25, 0.3) is 0 Å². The molecule has 0 heterocycles. The molecule has 0 aliphatic carbocycles. The summed E-state index contributed by atoms with van der Waals surface area (Å²) in [6, 6.07) is 7.28. The fourth-order valence-electron chi connectivity index (χ4n) is 0.681. The van der Waals surface area contributed by atoms with E-state index in [2.05, 4.69) is 0 Å². The predicted octanol–water partition coefficient (Wildman–Crippen LogP) is 0.932. The molecular formula is C7H8NOS+. The Labute approximate surface area is 63.5 Å². The summed E-state index contributed by atoms with van der Waals surface area (Å²) in [6.45, 7) is 0.532. The van der Waals surface area contributed by atoms with Crippen LogP contribution in [-0.4, -0.2) is 0 Å². The third-order valence-corrected chi connectivity index (χ3v) is 1.72. The van der Waals surface area contributed by atoms with Crippen molar-refractivity contribution in [2.75, 3.05) is 0 Å². The molecule has 10 heavy (non-hydrogen) atoms. The van der Waals surface area contributed by atoms with Crippen molar-refractivity contribution in [2.24, 2.45) is 5.73 Å². The van der Waals surface area contributed by atoms with E-state index < -0.39 is 0 Å². The second-order valence-corrected chi connectivity index (χ2v) is 2.57. The minimum atomic E-state index is 0.497. The molecule has 1 rings (SSSR count). The van der Waals surface area contributed by atoms with Gasteiger partial charge < -0.3 is 5.73 Å². The summed E-state index contributed by atoms with van der Waals surface area (Å²) in [5.74, 6) is 0. The zero-order valence-corrected chi connectivity index (χ0v) is 6.23. The van der Waals surface area contributed by atoms with E-state index in [4.69, 9.17) is 5.73 Å². The van der Waals surface area contributed by atoms with Crippen LogP contribution in [0.15, 0.2) is 29.2 Å². The highest BCUT2D eigenvalue weighted by Crippen LogP contribution is 2.02. The molecule has 0 aromatic heterocycles. The van der Waals surface area contributed by atoms with Gasteiger partial charge in [0.05, 0.1) is 0 Å². The molecule has 1 aromatic carbocycles. The molecule has 3 heteroatoms. The molecule has 2 nitrogen and oxygen atoms in total. The first-order valence-corrected chi connectivity index (χ1v) is 3.70. The summed E-state index contributed by atoms with van der Waals surface area (Å²) in [6.07, 6.45) is 0. The van der Waals surface area contributed by atoms with Crippen molar-refractivity contribution in [3.8, 4) is 0 Å². The van der Waals surface area contributed by atoms with Gasteiger partial charge in [0.2, 0.25) is 0 Å². The predicted molar refractivity (Wildman–Crippen MR) is 40.7 cm³/mol. The van der Waals surface area contributed by atoms with Crippen molar-refractivity contribution in [1.29, 1.82) is 0 Å². The van der Waals surface area contributed by atoms with Crippen LogP contribution in [0.2, 0.25) is 0 Å². The monoisotopic (exact) mass is 154 g/mol. The van der Waals surface area contributed by atoms with Gasteiger partial charge in [-0.25, -0.2) is 0 Å². The summed E-state index contributed by atoms with van der Waals surface area (Å²) >= 11 is 0.497. The highest BCUT2D eigenvalue weighted by atomic mass is 32.1. The van der Waals surface area contributed by atoms with Crippen LogP contribution in [0.5, 0.6) is 0 Å². The normalized spacial score (nSPS) is 9.30. The first-order valence-electron chi connectivity index (χ1n) is 2.95. The van der Waals surface area contributed by atoms with E-state index >= 15 is 0 Å². The molecule has 0 saturated carbocycles. The number of rotatable bonds is 2. The first kappa shape index (κ1) is 7.31. The molecule has 52 valence electrons. The van der Waals surface area contributed by atoms with Crippen LogP contribution in [-0.2, 0) is 22.4 Å². The molecule has 1 aromatic rings. The first-order chi connectivity index (χ1) is 4.86. The number of nitrogens with two attached hydrogens (primary N) is 1. The Morgan fingerprint density at radius 1 is 1.30 bits per heavy atom. The van der Waals surface area contributed by atoms with E-state index in [0.717, 1.165) is 10.5 Å². The van der Waals surface area contributed by atoms with Crippen molar-refractivity contribution in [1.82, 2.24) is 0 Å². The molecule has 2 N–H and O–H groups in total. The van der Waals surface area contributed by atoms with Gasteiger partial charge in [-0.2, -0.15) is 0 Å². The maximum atomic E-state index is 10.2. The highest BCUT2D eigenvalue weighted by molar-refractivity contribution is 7.65. The minimum Gasteiger partial charge on any atom is -0.326 e. The van der Waals surface area contributed by atoms with Crippen molar-refractivity contribution < 1.29 is 4.21 Å². The van der Waals surface area contributed by atoms with E-state index in [1.165, 1.54) is 0 Å². The van der Waals surface area contributed by atoms with E-state index in [9.17, 15) is 4.21 Å². The summed E-state index contributed by atoms with van der Waals surface area (Å²) in [5.41, 5.74) is 6.41. The lowest BCUT2D eigenvalue weighted by molar-refractivity contribution is 0.605. The molecule has 0 amide bonds. The van der Waals surface area contributed by atoms with Crippen LogP contribution >= 0.6 is 0 Å². The molecule has 0 unspecified atom stereocenters. The van der Waals surface area contributed by atoms with Gasteiger partial charge in [0.25, 0.3) is 4.90 Å². The molecule has 0 saturated heterocycles. The number of hydrogen-bond donors (Lipinski definition) is 1. The minimum absolute atomic E-state index is 0.497. The lowest BCUT2D eigenvalue weighted by atomic mass is 10.2. The molecular weight excluding hydrogens is 146 g/mol. The van der Waals surface area contributed by atoms with Crippen molar-refractivity contribution in [3.05, 3.63) is 29.8 Å². The lowest BCUT2D eigenvalue weighted by Crippen LogP contribution is -1.94. The van der Waals surface area contributed by atoms with Crippen LogP contribution in [0.3, 0.4) is 0 Å². The molecule has 0 fully saturated rings. The van der Waals surface area contributed by atoms with Gasteiger partial charge in [-0.15, -0.1) is 0 Å². The van der Waals surface area contributed by atoms with E-state index in [1.54, 1.807) is 12.1 Å². The van der Waals surface area contributed by atoms with Crippen LogP contribution < -0.4 is 5.73 Å². The Hall–Kier alpha value is -0.800. The van der Waals surface area contributed by atoms with Gasteiger partial charge in [-0.1, -0.05) is 12.1 Å². The van der Waals surface area contributed by atoms with Crippen LogP contribution in [0, 0.1) is 0 Å². The molecule has 0 aliphatic rings. The van der Waals surface area contributed by atoms with Crippen molar-refractivity contribution in [2.45, 2.75) is 11.4 Å². The average molecular weight is 154 g/mol. The highest BCUT2D eigenvalue weighted by Gasteiger charge is 2.02. The Kier molecular flexibility index (Phi) is 2.48. The third-order valence-electron chi connectivity index (χ3n) is 1.26. The van der Waals surface area contributed by atoms with Gasteiger partial charge in [-0.3, -0.25) is 0 Å². The van der Waals surface area contributed by atoms with Gasteiger partial charge >= 0.3 is 11.7 Å². The third kappa shape index (κ3) is 1.59. The molecule has 0 atom stereocenters. The topological polar surface area (TPSA) is 43.1 Å². The van der Waals surface area contributed by atoms with E-state index in [-0.39, 0.29) is 0 Å². The Morgan fingerprint density at radius 3 is 2.30 bits per heavy atom. The van der Waals surface area contributed by atoms with Gasteiger partial charge in [0, 0.05) is 22.9 Å². The SMILES string of the molecule is NCc1ccc([S+]=O)cc1. The second kappa shape index (κ2) is 3.39. The quantitative estimate of drug-likeness (QED) is 0.644. The summed E-state index contributed by atoms with van der Waals surface area (Å²) in [7, 11) is 0. The van der Waals surface area contributed by atoms with Gasteiger partial charge in [0.15, 0.2) is 0 Å². The molecule has 0 spiro atoms. The fraction of sp³-hybridized carbons (Fsp3) is 0.143. The number of hydrogen-bond acceptors (Lipinski definition) is 2. The van der Waals surface area contributed by atoms with Crippen molar-refractivity contribution in [3.63, 3.8) is 0 Å². The van der Waals surface area contributed by atoms with E-state index in [1.807, 2.05) is 12.1 Å². The molecule has 0 aliphatic heterocycles. The Balaban J connectivity index is 2.90. The van der Waals surface area contributed by atoms with Gasteiger partial charge in [0.1, 0.15) is 0 Å². The maximum Gasteiger partial charge on any atom is 0.505 e. The maximum absolute atomic E-state index is 10.2. The largest absolute Gasteiger partial charge is 0.505 e. The van der Waals surface area contributed by atoms with Crippen LogP contribution in [0.4, 0.5) is 0 Å². The summed E-state index contributed by atoms with van der Waals surface area (Å²) < 4.78 is 10.2. The van der Waals surface area contributed by atoms with Crippen LogP contribution in [0.1, 0.15) is 5.56 Å². The van der Waals surface area contributed by atoms with E-state index in [0.29, 0.717) is 18.2 Å². The number of benzene rings is 1. The average Bonchev–Trinajstić information content (AvgIpc) is 2.05. The smallest absolute Gasteiger partial charge is 0.326 e. The standard InChI is InChI=1S/C7H8NOS/c8-5-6-1-3-7(10-9)4-2-6/h1-4H,5,8H2/q+1. The van der Waals surface area contributed by atoms with Gasteiger partial charge in [-0.05, 0) is 5.56 Å². The zero-order valence-electron chi connectivity index (χ0n) is 5.41. The fourth-order valence-corrected chi connectivity index (χ4v) is 0.928. The molecule has 0 radical (unpaired) electrons. The summed E-state index contributed by atoms with van der Waals surface area (Å²) in [5, 5.41) is 0. The Morgan fingerprint density at radius 2 is 1.90 bits per heavy atom. The summed E-state index contributed by atoms with van der Waals surface area (Å²) in [4.78, 5) is 0.734. The lowest BCUT2D eigenvalue weighted by Gasteiger charge is -1.89.